The molecule has 0 fully saturated rings. The van der Waals surface area contributed by atoms with Gasteiger partial charge in [-0.3, -0.25) is 0 Å². The zero-order valence-electron chi connectivity index (χ0n) is 30.8. The van der Waals surface area contributed by atoms with Crippen molar-refractivity contribution in [3.05, 3.63) is 70.8 Å². The number of carbonyl (C=O) groups is 2. The van der Waals surface area contributed by atoms with Crippen LogP contribution in [0.5, 0.6) is 11.8 Å². The number of aromatic hydroxyl groups is 1. The van der Waals surface area contributed by atoms with E-state index in [1.807, 2.05) is 0 Å². The Morgan fingerprint density at radius 3 is 1.90 bits per heavy atom. The molecule has 0 radical (unpaired) electrons. The number of aromatic nitrogens is 3. The maximum Gasteiger partial charge on any atom is 1.00 e. The third kappa shape index (κ3) is 10.7. The zero-order valence-corrected chi connectivity index (χ0v) is 33.3. The van der Waals surface area contributed by atoms with Crippen molar-refractivity contribution in [2.75, 3.05) is 17.7 Å². The van der Waals surface area contributed by atoms with Gasteiger partial charge in [-0.05, 0) is 66.8 Å². The van der Waals surface area contributed by atoms with Crippen molar-refractivity contribution in [1.29, 1.82) is 0 Å². The molecule has 0 amide bonds. The van der Waals surface area contributed by atoms with E-state index in [9.17, 15) is 63.8 Å². The summed E-state index contributed by atoms with van der Waals surface area (Å²) in [5, 5.41) is 41.7. The Bertz CT molecular complexity index is 2850. The number of benzene rings is 4. The maximum atomic E-state index is 12.4. The number of phenolic OH excluding ortho intramolecular Hbond substituents is 1. The number of carboxylic acids is 2. The van der Waals surface area contributed by atoms with Crippen LogP contribution in [0.3, 0.4) is 0 Å². The molecule has 1 aromatic heterocycles. The number of phenols is 1. The molecule has 5 N–H and O–H groups in total. The minimum Gasteiger partial charge on any atom is -0.744 e. The summed E-state index contributed by atoms with van der Waals surface area (Å²) in [4.78, 5) is 32.5. The number of azo groups is 1. The molecule has 0 bridgehead atoms. The van der Waals surface area contributed by atoms with Gasteiger partial charge >= 0.3 is 74.5 Å². The summed E-state index contributed by atoms with van der Waals surface area (Å²) in [6.07, 6.45) is 0. The minimum absolute atomic E-state index is 0. The van der Waals surface area contributed by atoms with Gasteiger partial charge in [0.2, 0.25) is 11.9 Å². The largest absolute Gasteiger partial charge is 1.00 e. The average Bonchev–Trinajstić information content (AvgIpc) is 3.06. The van der Waals surface area contributed by atoms with E-state index < -0.39 is 120 Å². The number of ether oxygens (including phenoxy) is 1. The van der Waals surface area contributed by atoms with E-state index in [1.165, 1.54) is 13.0 Å². The molecule has 5 rings (SSSR count). The number of nitrogens with one attached hydrogen (secondary N) is 2. The zero-order chi connectivity index (χ0) is 40.8. The molecular formula is C30H22Li3N7O15S3. The first-order valence-corrected chi connectivity index (χ1v) is 18.9. The Morgan fingerprint density at radius 2 is 1.36 bits per heavy atom. The third-order valence-corrected chi connectivity index (χ3v) is 9.94. The van der Waals surface area contributed by atoms with Crippen LogP contribution in [0.25, 0.3) is 10.8 Å². The first-order chi connectivity index (χ1) is 25.5. The van der Waals surface area contributed by atoms with Crippen molar-refractivity contribution in [2.45, 2.75) is 28.5 Å². The number of nitrogens with zero attached hydrogens (tertiary/aromatic N) is 5. The van der Waals surface area contributed by atoms with E-state index in [2.05, 4.69) is 35.8 Å². The number of rotatable bonds is 12. The number of aryl methyl sites for hydroxylation is 2. The summed E-state index contributed by atoms with van der Waals surface area (Å²) in [6.45, 7) is 3.02. The second-order valence-electron chi connectivity index (χ2n) is 11.2. The maximum absolute atomic E-state index is 12.4. The number of anilines is 4. The van der Waals surface area contributed by atoms with E-state index in [0.717, 1.165) is 31.4 Å². The van der Waals surface area contributed by atoms with Crippen LogP contribution in [-0.4, -0.2) is 88.2 Å². The average molecular weight is 838 g/mol. The SMILES string of the molecule is COc1nc(Nc2c(C)cc(C)cc2S(=O)(=O)[O-])nc(Nc2cc(S(=O)(=O)[O-])cc3cc(S(=O)(=O)[O-])c(N=Nc4cccc(C(=O)O)c4C(=O)O)c(O)c23)n1.[Li+].[Li+].[Li+]. The van der Waals surface area contributed by atoms with Gasteiger partial charge in [0.1, 0.15) is 47.3 Å². The molecule has 0 spiro atoms. The van der Waals surface area contributed by atoms with Crippen molar-refractivity contribution in [3.8, 4) is 11.8 Å². The van der Waals surface area contributed by atoms with Gasteiger partial charge in [-0.2, -0.15) is 15.0 Å². The molecule has 22 nitrogen and oxygen atoms in total. The third-order valence-electron chi connectivity index (χ3n) is 7.42. The molecule has 1 heterocycles. The van der Waals surface area contributed by atoms with Gasteiger partial charge in [-0.25, -0.2) is 34.8 Å². The molecule has 5 aromatic rings. The van der Waals surface area contributed by atoms with Gasteiger partial charge in [0.15, 0.2) is 5.75 Å². The fourth-order valence-electron chi connectivity index (χ4n) is 5.20. The van der Waals surface area contributed by atoms with E-state index >= 15 is 0 Å². The van der Waals surface area contributed by atoms with Gasteiger partial charge in [0.05, 0.1) is 38.7 Å². The fraction of sp³-hybridized carbons (Fsp3) is 0.100. The Labute approximate surface area is 364 Å². The van der Waals surface area contributed by atoms with E-state index in [0.29, 0.717) is 23.8 Å². The number of aromatic carboxylic acids is 2. The predicted molar refractivity (Wildman–Crippen MR) is 183 cm³/mol. The van der Waals surface area contributed by atoms with Crippen molar-refractivity contribution >= 4 is 87.7 Å². The molecule has 0 atom stereocenters. The topological polar surface area (TPSA) is 363 Å². The molecule has 58 heavy (non-hydrogen) atoms. The number of carboxylic acid groups (broad SMARTS) is 2. The van der Waals surface area contributed by atoms with Gasteiger partial charge in [-0.15, -0.1) is 10.2 Å². The molecule has 0 aliphatic carbocycles. The van der Waals surface area contributed by atoms with Gasteiger partial charge in [0, 0.05) is 5.39 Å². The molecular weight excluding hydrogens is 815 g/mol. The standard InChI is InChI=1S/C30H25N7O15S3.3Li/c1-12-7-13(2)23(19(8-12)54(46,47)48)32-29-33-28(34-30(35-29)52-3)31-18-11-15(53(43,44)45)9-14-10-20(55(49,50)51)24(25(38)21(14)18)37-36-17-6-4-5-16(26(39)40)22(17)27(41)42;;;/h4-11,38H,1-3H3,(H,39,40)(H,41,42)(H,43,44,45)(H,46,47,48)(H,49,50,51)(H2,31,32,33,34,35);;;/q;3*+1/p-3. The molecule has 0 aliphatic rings. The summed E-state index contributed by atoms with van der Waals surface area (Å²) < 4.78 is 115. The number of hydrogen-bond donors (Lipinski definition) is 5. The number of methoxy groups -OCH3 is 1. The second kappa shape index (κ2) is 18.6. The van der Waals surface area contributed by atoms with Crippen LogP contribution in [0, 0.1) is 13.8 Å². The van der Waals surface area contributed by atoms with E-state index in [-0.39, 0.29) is 67.8 Å². The van der Waals surface area contributed by atoms with Crippen LogP contribution in [-0.2, 0) is 30.4 Å². The van der Waals surface area contributed by atoms with Crippen LogP contribution >= 0.6 is 0 Å². The molecule has 0 saturated heterocycles. The summed E-state index contributed by atoms with van der Waals surface area (Å²) in [6, 6.07) is 6.95. The smallest absolute Gasteiger partial charge is 0.744 e. The fourth-order valence-corrected chi connectivity index (χ4v) is 7.17. The number of fused-ring (bicyclic) bond motifs is 1. The van der Waals surface area contributed by atoms with Crippen LogP contribution in [0.4, 0.5) is 34.6 Å². The van der Waals surface area contributed by atoms with Crippen LogP contribution in [0.2, 0.25) is 0 Å². The Balaban J connectivity index is 0.00000387. The molecule has 0 unspecified atom stereocenters. The van der Waals surface area contributed by atoms with Crippen LogP contribution in [0.1, 0.15) is 31.8 Å². The molecule has 4 aromatic carbocycles. The van der Waals surface area contributed by atoms with Crippen molar-refractivity contribution in [1.82, 2.24) is 15.0 Å². The summed E-state index contributed by atoms with van der Waals surface area (Å²) in [5.41, 5.74) is -3.52. The normalized spacial score (nSPS) is 11.6. The van der Waals surface area contributed by atoms with E-state index in [1.54, 1.807) is 6.92 Å². The molecule has 0 aliphatic heterocycles. The van der Waals surface area contributed by atoms with Gasteiger partial charge < -0.3 is 44.3 Å². The van der Waals surface area contributed by atoms with E-state index in [4.69, 9.17) is 4.74 Å². The first-order valence-electron chi connectivity index (χ1n) is 14.7. The first kappa shape index (κ1) is 49.6. The monoisotopic (exact) mass is 837 g/mol. The Kier molecular flexibility index (Phi) is 15.9. The molecule has 28 heteroatoms. The van der Waals surface area contributed by atoms with Crippen molar-refractivity contribution in [2.24, 2.45) is 10.2 Å². The van der Waals surface area contributed by atoms with Crippen molar-refractivity contribution in [3.63, 3.8) is 0 Å². The molecule has 0 saturated carbocycles. The van der Waals surface area contributed by atoms with Gasteiger partial charge in [-0.1, -0.05) is 12.1 Å². The number of hydrogen-bond acceptors (Lipinski definition) is 20. The predicted octanol–water partition coefficient (Wildman–Crippen LogP) is -5.62. The quantitative estimate of drug-likeness (QED) is 0.0444. The van der Waals surface area contributed by atoms with Crippen molar-refractivity contribution < 1.29 is 125 Å². The van der Waals surface area contributed by atoms with Crippen LogP contribution in [0.15, 0.2) is 73.4 Å². The Morgan fingerprint density at radius 1 is 0.759 bits per heavy atom. The summed E-state index contributed by atoms with van der Waals surface area (Å²) in [7, 11) is -14.9. The molecule has 288 valence electrons. The second-order valence-corrected chi connectivity index (χ2v) is 15.3. The minimum atomic E-state index is -5.63. The van der Waals surface area contributed by atoms with Crippen LogP contribution < -0.4 is 72.0 Å². The Hall–Kier alpha value is -4.59. The van der Waals surface area contributed by atoms with Gasteiger partial charge in [0.25, 0.3) is 0 Å². The summed E-state index contributed by atoms with van der Waals surface area (Å²) in [5.74, 6) is -5.69. The summed E-state index contributed by atoms with van der Waals surface area (Å²) >= 11 is 0.